The number of anilines is 1. The van der Waals surface area contributed by atoms with Crippen LogP contribution in [0, 0.1) is 13.8 Å². The molecule has 1 aliphatic heterocycles. The van der Waals surface area contributed by atoms with Gasteiger partial charge >= 0.3 is 6.03 Å². The molecule has 0 spiro atoms. The molecule has 4 rings (SSSR count). The number of carbonyl (C=O) groups excluding carboxylic acids is 1. The lowest BCUT2D eigenvalue weighted by Gasteiger charge is -2.23. The molecule has 0 bridgehead atoms. The fourth-order valence-corrected chi connectivity index (χ4v) is 4.13. The van der Waals surface area contributed by atoms with E-state index >= 15 is 0 Å². The number of nitrogens with zero attached hydrogens (tertiary/aromatic N) is 5. The lowest BCUT2D eigenvalue weighted by atomic mass is 9.95. The number of aryl methyl sites for hydroxylation is 2. The van der Waals surface area contributed by atoms with Gasteiger partial charge in [0.15, 0.2) is 11.6 Å². The summed E-state index contributed by atoms with van der Waals surface area (Å²) in [6.07, 6.45) is 7.10. The van der Waals surface area contributed by atoms with Crippen LogP contribution in [0.25, 0.3) is 0 Å². The van der Waals surface area contributed by atoms with Gasteiger partial charge in [-0.1, -0.05) is 19.3 Å². The second-order valence-electron chi connectivity index (χ2n) is 7.55. The summed E-state index contributed by atoms with van der Waals surface area (Å²) in [4.78, 5) is 18.8. The van der Waals surface area contributed by atoms with Crippen LogP contribution in [-0.4, -0.2) is 49.0 Å². The highest BCUT2D eigenvalue weighted by atomic mass is 16.2. The molecule has 2 fully saturated rings. The Morgan fingerprint density at radius 3 is 2.77 bits per heavy atom. The van der Waals surface area contributed by atoms with E-state index in [1.54, 1.807) is 0 Å². The number of nitrogens with one attached hydrogen (secondary N) is 2. The first kappa shape index (κ1) is 17.1. The molecular weight excluding hydrogens is 330 g/mol. The normalized spacial score (nSPS) is 21.3. The van der Waals surface area contributed by atoms with Crippen LogP contribution in [0.15, 0.2) is 6.07 Å². The zero-order valence-electron chi connectivity index (χ0n) is 15.5. The van der Waals surface area contributed by atoms with Crippen molar-refractivity contribution in [3.05, 3.63) is 23.4 Å². The van der Waals surface area contributed by atoms with E-state index in [9.17, 15) is 4.79 Å². The van der Waals surface area contributed by atoms with Gasteiger partial charge < -0.3 is 4.90 Å². The van der Waals surface area contributed by atoms with Crippen LogP contribution in [0.4, 0.5) is 10.6 Å². The summed E-state index contributed by atoms with van der Waals surface area (Å²) in [5, 5.41) is 14.7. The molecule has 2 aromatic rings. The first-order valence-corrected chi connectivity index (χ1v) is 9.61. The standard InChI is InChI=1S/C18H27N7O/c1-12-10-16(23-25(12)15-6-4-3-5-7-15)20-18(26)24-9-8-14(11-24)17-19-13(2)21-22-17/h10,14-15H,3-9,11H2,1-2H3,(H,19,21,22)(H,20,23,26). The Bertz CT molecular complexity index is 774. The van der Waals surface area contributed by atoms with E-state index in [4.69, 9.17) is 0 Å². The first-order valence-electron chi connectivity index (χ1n) is 9.61. The third-order valence-electron chi connectivity index (χ3n) is 5.53. The topological polar surface area (TPSA) is 91.7 Å². The van der Waals surface area contributed by atoms with Crippen LogP contribution in [0.5, 0.6) is 0 Å². The maximum absolute atomic E-state index is 12.6. The van der Waals surface area contributed by atoms with Crippen LogP contribution in [0.1, 0.15) is 67.8 Å². The molecule has 0 radical (unpaired) electrons. The fraction of sp³-hybridized carbons (Fsp3) is 0.667. The van der Waals surface area contributed by atoms with Gasteiger partial charge in [0.2, 0.25) is 0 Å². The van der Waals surface area contributed by atoms with Gasteiger partial charge in [-0.15, -0.1) is 0 Å². The Morgan fingerprint density at radius 1 is 1.23 bits per heavy atom. The lowest BCUT2D eigenvalue weighted by Crippen LogP contribution is -2.33. The number of amides is 2. The number of H-pyrrole nitrogens is 1. The highest BCUT2D eigenvalue weighted by Gasteiger charge is 2.30. The molecule has 26 heavy (non-hydrogen) atoms. The smallest absolute Gasteiger partial charge is 0.323 e. The van der Waals surface area contributed by atoms with Crippen LogP contribution in [-0.2, 0) is 0 Å². The molecule has 2 amide bonds. The molecule has 1 saturated heterocycles. The van der Waals surface area contributed by atoms with E-state index < -0.39 is 0 Å². The first-order chi connectivity index (χ1) is 12.6. The van der Waals surface area contributed by atoms with Crippen molar-refractivity contribution < 1.29 is 4.79 Å². The highest BCUT2D eigenvalue weighted by Crippen LogP contribution is 2.30. The van der Waals surface area contributed by atoms with Crippen molar-refractivity contribution in [1.82, 2.24) is 29.9 Å². The molecule has 8 heteroatoms. The van der Waals surface area contributed by atoms with Gasteiger partial charge in [-0.25, -0.2) is 9.78 Å². The number of carbonyl (C=O) groups is 1. The largest absolute Gasteiger partial charge is 0.324 e. The van der Waals surface area contributed by atoms with E-state index in [0.717, 1.165) is 23.8 Å². The Kier molecular flexibility index (Phi) is 4.65. The molecule has 8 nitrogen and oxygen atoms in total. The predicted octanol–water partition coefficient (Wildman–Crippen LogP) is 3.14. The minimum atomic E-state index is -0.0898. The van der Waals surface area contributed by atoms with Gasteiger partial charge in [-0.05, 0) is 33.1 Å². The Labute approximate surface area is 153 Å². The van der Waals surface area contributed by atoms with Crippen LogP contribution >= 0.6 is 0 Å². The summed E-state index contributed by atoms with van der Waals surface area (Å²) >= 11 is 0. The number of likely N-dealkylation sites (tertiary alicyclic amines) is 1. The summed E-state index contributed by atoms with van der Waals surface area (Å²) < 4.78 is 2.10. The number of aromatic nitrogens is 5. The van der Waals surface area contributed by atoms with Crippen LogP contribution < -0.4 is 5.32 Å². The molecule has 2 aliphatic rings. The average molecular weight is 357 g/mol. The van der Waals surface area contributed by atoms with Crippen molar-refractivity contribution in [2.45, 2.75) is 64.3 Å². The number of hydrogen-bond acceptors (Lipinski definition) is 4. The monoisotopic (exact) mass is 357 g/mol. The number of urea groups is 1. The second kappa shape index (κ2) is 7.09. The molecule has 1 unspecified atom stereocenters. The van der Waals surface area contributed by atoms with Crippen molar-refractivity contribution in [3.63, 3.8) is 0 Å². The zero-order chi connectivity index (χ0) is 18.1. The minimum Gasteiger partial charge on any atom is -0.324 e. The Hall–Kier alpha value is -2.38. The predicted molar refractivity (Wildman–Crippen MR) is 98.2 cm³/mol. The average Bonchev–Trinajstić information content (AvgIpc) is 3.35. The molecule has 2 N–H and O–H groups in total. The van der Waals surface area contributed by atoms with Gasteiger partial charge in [0, 0.05) is 30.8 Å². The minimum absolute atomic E-state index is 0.0898. The molecule has 1 aliphatic carbocycles. The van der Waals surface area contributed by atoms with E-state index in [0.29, 0.717) is 24.9 Å². The molecular formula is C18H27N7O. The van der Waals surface area contributed by atoms with Gasteiger partial charge in [-0.3, -0.25) is 15.1 Å². The third kappa shape index (κ3) is 3.45. The van der Waals surface area contributed by atoms with E-state index in [1.807, 2.05) is 17.9 Å². The summed E-state index contributed by atoms with van der Waals surface area (Å²) in [7, 11) is 0. The maximum atomic E-state index is 12.6. The molecule has 140 valence electrons. The van der Waals surface area contributed by atoms with Gasteiger partial charge in [0.1, 0.15) is 5.82 Å². The van der Waals surface area contributed by atoms with Crippen LogP contribution in [0.3, 0.4) is 0 Å². The number of aromatic amines is 1. The number of rotatable bonds is 3. The summed E-state index contributed by atoms with van der Waals surface area (Å²) in [5.74, 6) is 2.46. The van der Waals surface area contributed by atoms with Crippen molar-refractivity contribution >= 4 is 11.8 Å². The molecule has 0 aromatic carbocycles. The molecule has 3 heterocycles. The zero-order valence-corrected chi connectivity index (χ0v) is 15.5. The van der Waals surface area contributed by atoms with Crippen molar-refractivity contribution in [2.24, 2.45) is 0 Å². The lowest BCUT2D eigenvalue weighted by molar-refractivity contribution is 0.221. The SMILES string of the molecule is Cc1nc(C2CCN(C(=O)Nc3cc(C)n(C4CCCCC4)n3)C2)n[nH]1. The Morgan fingerprint density at radius 2 is 2.04 bits per heavy atom. The molecule has 1 atom stereocenters. The maximum Gasteiger partial charge on any atom is 0.323 e. The van der Waals surface area contributed by atoms with Gasteiger partial charge in [-0.2, -0.15) is 10.2 Å². The molecule has 2 aromatic heterocycles. The van der Waals surface area contributed by atoms with Crippen LogP contribution in [0.2, 0.25) is 0 Å². The van der Waals surface area contributed by atoms with E-state index in [2.05, 4.69) is 37.2 Å². The highest BCUT2D eigenvalue weighted by molar-refractivity contribution is 5.88. The summed E-state index contributed by atoms with van der Waals surface area (Å²) in [6, 6.07) is 2.35. The summed E-state index contributed by atoms with van der Waals surface area (Å²) in [5.41, 5.74) is 1.11. The fourth-order valence-electron chi connectivity index (χ4n) is 4.13. The molecule has 1 saturated carbocycles. The van der Waals surface area contributed by atoms with E-state index in [1.165, 1.54) is 32.1 Å². The summed E-state index contributed by atoms with van der Waals surface area (Å²) in [6.45, 7) is 5.31. The van der Waals surface area contributed by atoms with Gasteiger partial charge in [0.05, 0.1) is 6.04 Å². The van der Waals surface area contributed by atoms with Crippen molar-refractivity contribution in [2.75, 3.05) is 18.4 Å². The third-order valence-corrected chi connectivity index (χ3v) is 5.53. The quantitative estimate of drug-likeness (QED) is 0.883. The van der Waals surface area contributed by atoms with Crippen molar-refractivity contribution in [3.8, 4) is 0 Å². The van der Waals surface area contributed by atoms with Gasteiger partial charge in [0.25, 0.3) is 0 Å². The second-order valence-corrected chi connectivity index (χ2v) is 7.55. The number of hydrogen-bond donors (Lipinski definition) is 2. The van der Waals surface area contributed by atoms with E-state index in [-0.39, 0.29) is 11.9 Å². The Balaban J connectivity index is 1.38. The van der Waals surface area contributed by atoms with Crippen molar-refractivity contribution in [1.29, 1.82) is 0 Å².